The smallest absolute Gasteiger partial charge is 0.258 e. The summed E-state index contributed by atoms with van der Waals surface area (Å²) in [4.78, 5) is 8.33. The van der Waals surface area contributed by atoms with Crippen LogP contribution in [0.1, 0.15) is 5.56 Å². The van der Waals surface area contributed by atoms with Gasteiger partial charge in [0.2, 0.25) is 5.82 Å². The first kappa shape index (κ1) is 11.6. The van der Waals surface area contributed by atoms with E-state index in [2.05, 4.69) is 15.1 Å². The molecule has 0 bridgehead atoms. The second-order valence-electron chi connectivity index (χ2n) is 4.06. The SMILES string of the molecule is NCc1ccc(-c2nc(-c3ccncc3)no2)cc1. The summed E-state index contributed by atoms with van der Waals surface area (Å²) in [5, 5.41) is 3.97. The first-order chi connectivity index (χ1) is 9.36. The largest absolute Gasteiger partial charge is 0.334 e. The van der Waals surface area contributed by atoms with Crippen molar-refractivity contribution in [3.8, 4) is 22.8 Å². The molecule has 3 rings (SSSR count). The van der Waals surface area contributed by atoms with Crippen molar-refractivity contribution in [2.24, 2.45) is 5.73 Å². The molecule has 0 amide bonds. The zero-order valence-corrected chi connectivity index (χ0v) is 10.2. The van der Waals surface area contributed by atoms with Gasteiger partial charge in [-0.05, 0) is 29.8 Å². The molecule has 2 heterocycles. The van der Waals surface area contributed by atoms with Crippen LogP contribution in [0.4, 0.5) is 0 Å². The van der Waals surface area contributed by atoms with Gasteiger partial charge in [0, 0.05) is 30.1 Å². The van der Waals surface area contributed by atoms with E-state index in [0.29, 0.717) is 18.3 Å². The Morgan fingerprint density at radius 3 is 2.37 bits per heavy atom. The van der Waals surface area contributed by atoms with Crippen LogP contribution in [0.2, 0.25) is 0 Å². The normalized spacial score (nSPS) is 10.6. The van der Waals surface area contributed by atoms with Crippen LogP contribution in [-0.4, -0.2) is 15.1 Å². The van der Waals surface area contributed by atoms with Gasteiger partial charge in [0.25, 0.3) is 5.89 Å². The van der Waals surface area contributed by atoms with Gasteiger partial charge >= 0.3 is 0 Å². The minimum absolute atomic E-state index is 0.496. The van der Waals surface area contributed by atoms with Gasteiger partial charge in [-0.15, -0.1) is 0 Å². The Bertz CT molecular complexity index is 661. The maximum absolute atomic E-state index is 5.56. The van der Waals surface area contributed by atoms with E-state index in [1.807, 2.05) is 36.4 Å². The average Bonchev–Trinajstić information content (AvgIpc) is 2.98. The molecule has 0 aliphatic rings. The van der Waals surface area contributed by atoms with Gasteiger partial charge in [0.05, 0.1) is 0 Å². The predicted octanol–water partition coefficient (Wildman–Crippen LogP) is 2.26. The summed E-state index contributed by atoms with van der Waals surface area (Å²) >= 11 is 0. The first-order valence-electron chi connectivity index (χ1n) is 5.90. The van der Waals surface area contributed by atoms with Crippen LogP contribution in [0.3, 0.4) is 0 Å². The molecule has 19 heavy (non-hydrogen) atoms. The Hall–Kier alpha value is -2.53. The van der Waals surface area contributed by atoms with Crippen molar-refractivity contribution < 1.29 is 4.52 Å². The number of hydrogen-bond donors (Lipinski definition) is 1. The number of nitrogens with two attached hydrogens (primary N) is 1. The lowest BCUT2D eigenvalue weighted by molar-refractivity contribution is 0.432. The molecule has 1 aromatic carbocycles. The summed E-state index contributed by atoms with van der Waals surface area (Å²) in [5.74, 6) is 1.05. The number of aromatic nitrogens is 3. The molecule has 0 unspecified atom stereocenters. The van der Waals surface area contributed by atoms with Crippen molar-refractivity contribution >= 4 is 0 Å². The maximum Gasteiger partial charge on any atom is 0.258 e. The molecule has 0 aliphatic carbocycles. The monoisotopic (exact) mass is 252 g/mol. The van der Waals surface area contributed by atoms with Crippen LogP contribution in [0, 0.1) is 0 Å². The van der Waals surface area contributed by atoms with E-state index in [4.69, 9.17) is 10.3 Å². The van der Waals surface area contributed by atoms with E-state index in [9.17, 15) is 0 Å². The molecular formula is C14H12N4O. The quantitative estimate of drug-likeness (QED) is 0.773. The highest BCUT2D eigenvalue weighted by Crippen LogP contribution is 2.21. The Morgan fingerprint density at radius 2 is 1.68 bits per heavy atom. The molecule has 0 radical (unpaired) electrons. The number of nitrogens with zero attached hydrogens (tertiary/aromatic N) is 3. The highest BCUT2D eigenvalue weighted by Gasteiger charge is 2.09. The number of hydrogen-bond acceptors (Lipinski definition) is 5. The molecule has 0 saturated carbocycles. The summed E-state index contributed by atoms with van der Waals surface area (Å²) in [6, 6.07) is 11.4. The summed E-state index contributed by atoms with van der Waals surface area (Å²) in [6.07, 6.45) is 3.39. The van der Waals surface area contributed by atoms with Gasteiger partial charge < -0.3 is 10.3 Å². The van der Waals surface area contributed by atoms with Gasteiger partial charge in [0.15, 0.2) is 0 Å². The molecule has 0 fully saturated rings. The van der Waals surface area contributed by atoms with E-state index in [1.54, 1.807) is 12.4 Å². The molecule has 0 spiro atoms. The Balaban J connectivity index is 1.92. The summed E-state index contributed by atoms with van der Waals surface area (Å²) < 4.78 is 5.27. The lowest BCUT2D eigenvalue weighted by Crippen LogP contribution is -1.95. The molecule has 94 valence electrons. The fourth-order valence-electron chi connectivity index (χ4n) is 1.74. The second kappa shape index (κ2) is 4.99. The summed E-state index contributed by atoms with van der Waals surface area (Å²) in [6.45, 7) is 0.520. The highest BCUT2D eigenvalue weighted by atomic mass is 16.5. The molecule has 0 atom stereocenters. The van der Waals surface area contributed by atoms with Crippen molar-refractivity contribution in [1.29, 1.82) is 0 Å². The Labute approximate surface area is 110 Å². The van der Waals surface area contributed by atoms with Crippen LogP contribution in [0.25, 0.3) is 22.8 Å². The molecule has 0 aliphatic heterocycles. The standard InChI is InChI=1S/C14H12N4O/c15-9-10-1-3-12(4-2-10)14-17-13(18-19-14)11-5-7-16-8-6-11/h1-8H,9,15H2. The highest BCUT2D eigenvalue weighted by molar-refractivity contribution is 5.59. The van der Waals surface area contributed by atoms with Crippen LogP contribution < -0.4 is 5.73 Å². The average molecular weight is 252 g/mol. The molecule has 5 nitrogen and oxygen atoms in total. The van der Waals surface area contributed by atoms with Crippen molar-refractivity contribution in [3.63, 3.8) is 0 Å². The van der Waals surface area contributed by atoms with Gasteiger partial charge in [0.1, 0.15) is 0 Å². The third kappa shape index (κ3) is 2.36. The maximum atomic E-state index is 5.56. The fraction of sp³-hybridized carbons (Fsp3) is 0.0714. The van der Waals surface area contributed by atoms with Crippen LogP contribution >= 0.6 is 0 Å². The van der Waals surface area contributed by atoms with E-state index < -0.39 is 0 Å². The molecule has 5 heteroatoms. The lowest BCUT2D eigenvalue weighted by atomic mass is 10.1. The molecule has 0 saturated heterocycles. The van der Waals surface area contributed by atoms with E-state index in [-0.39, 0.29) is 0 Å². The second-order valence-corrected chi connectivity index (χ2v) is 4.06. The molecule has 2 N–H and O–H groups in total. The van der Waals surface area contributed by atoms with Gasteiger partial charge in [-0.1, -0.05) is 17.3 Å². The number of rotatable bonds is 3. The third-order valence-electron chi connectivity index (χ3n) is 2.80. The molecular weight excluding hydrogens is 240 g/mol. The van der Waals surface area contributed by atoms with E-state index in [0.717, 1.165) is 16.7 Å². The van der Waals surface area contributed by atoms with Gasteiger partial charge in [-0.2, -0.15) is 4.98 Å². The Kier molecular flexibility index (Phi) is 3.04. The van der Waals surface area contributed by atoms with Gasteiger partial charge in [-0.3, -0.25) is 4.98 Å². The lowest BCUT2D eigenvalue weighted by Gasteiger charge is -1.97. The van der Waals surface area contributed by atoms with Gasteiger partial charge in [-0.25, -0.2) is 0 Å². The van der Waals surface area contributed by atoms with Crippen LogP contribution in [0.5, 0.6) is 0 Å². The minimum Gasteiger partial charge on any atom is -0.334 e. The van der Waals surface area contributed by atoms with Crippen molar-refractivity contribution in [3.05, 3.63) is 54.4 Å². The van der Waals surface area contributed by atoms with Crippen molar-refractivity contribution in [2.45, 2.75) is 6.54 Å². The third-order valence-corrected chi connectivity index (χ3v) is 2.80. The fourth-order valence-corrected chi connectivity index (χ4v) is 1.74. The van der Waals surface area contributed by atoms with Crippen LogP contribution in [-0.2, 0) is 6.54 Å². The van der Waals surface area contributed by atoms with Crippen molar-refractivity contribution in [2.75, 3.05) is 0 Å². The van der Waals surface area contributed by atoms with E-state index in [1.165, 1.54) is 0 Å². The number of benzene rings is 1. The zero-order valence-electron chi connectivity index (χ0n) is 10.2. The van der Waals surface area contributed by atoms with E-state index >= 15 is 0 Å². The molecule has 3 aromatic rings. The summed E-state index contributed by atoms with van der Waals surface area (Å²) in [5.41, 5.74) is 8.39. The Morgan fingerprint density at radius 1 is 0.947 bits per heavy atom. The van der Waals surface area contributed by atoms with Crippen molar-refractivity contribution in [1.82, 2.24) is 15.1 Å². The summed E-state index contributed by atoms with van der Waals surface area (Å²) in [7, 11) is 0. The number of pyridine rings is 1. The zero-order chi connectivity index (χ0) is 13.1. The predicted molar refractivity (Wildman–Crippen MR) is 70.9 cm³/mol. The minimum atomic E-state index is 0.496. The molecule has 2 aromatic heterocycles. The topological polar surface area (TPSA) is 77.8 Å². The van der Waals surface area contributed by atoms with Crippen LogP contribution in [0.15, 0.2) is 53.3 Å². The first-order valence-corrected chi connectivity index (χ1v) is 5.90.